The maximum atomic E-state index is 13.3. The molecule has 0 aliphatic heterocycles. The van der Waals surface area contributed by atoms with Gasteiger partial charge >= 0.3 is 0 Å². The van der Waals surface area contributed by atoms with Crippen molar-refractivity contribution in [2.24, 2.45) is 0 Å². The lowest BCUT2D eigenvalue weighted by molar-refractivity contribution is 0.569. The molecule has 2 rings (SSSR count). The molecule has 0 unspecified atom stereocenters. The summed E-state index contributed by atoms with van der Waals surface area (Å²) in [6.45, 7) is 2.60. The fourth-order valence-electron chi connectivity index (χ4n) is 1.82. The van der Waals surface area contributed by atoms with Crippen molar-refractivity contribution in [2.45, 2.75) is 19.5 Å². The van der Waals surface area contributed by atoms with Crippen LogP contribution in [0.3, 0.4) is 0 Å². The molecule has 0 saturated carbocycles. The van der Waals surface area contributed by atoms with Gasteiger partial charge in [0.1, 0.15) is 5.82 Å². The monoisotopic (exact) mass is 341 g/mol. The summed E-state index contributed by atoms with van der Waals surface area (Å²) in [5.41, 5.74) is 1.95. The van der Waals surface area contributed by atoms with Gasteiger partial charge in [0.15, 0.2) is 0 Å². The summed E-state index contributed by atoms with van der Waals surface area (Å²) in [4.78, 5) is 0. The Labute approximate surface area is 125 Å². The van der Waals surface area contributed by atoms with Gasteiger partial charge in [0, 0.05) is 17.1 Å². The predicted octanol–water partition coefficient (Wildman–Crippen LogP) is 5.09. The van der Waals surface area contributed by atoms with Gasteiger partial charge in [-0.3, -0.25) is 0 Å². The normalized spacial score (nSPS) is 12.4. The Hall–Kier alpha value is -0.900. The van der Waals surface area contributed by atoms with Crippen molar-refractivity contribution < 1.29 is 4.39 Å². The second-order valence-corrected chi connectivity index (χ2v) is 5.66. The van der Waals surface area contributed by atoms with Gasteiger partial charge in [-0.1, -0.05) is 51.8 Å². The fourth-order valence-corrected chi connectivity index (χ4v) is 2.27. The minimum atomic E-state index is -0.378. The highest BCUT2D eigenvalue weighted by atomic mass is 79.9. The van der Waals surface area contributed by atoms with E-state index >= 15 is 0 Å². The van der Waals surface area contributed by atoms with Crippen LogP contribution in [0.2, 0.25) is 5.02 Å². The summed E-state index contributed by atoms with van der Waals surface area (Å²) in [6.07, 6.45) is 0. The van der Waals surface area contributed by atoms with Crippen molar-refractivity contribution in [1.82, 2.24) is 5.32 Å². The molecule has 1 nitrogen and oxygen atoms in total. The van der Waals surface area contributed by atoms with Crippen LogP contribution in [0.25, 0.3) is 0 Å². The van der Waals surface area contributed by atoms with E-state index in [1.54, 1.807) is 6.07 Å². The Kier molecular flexibility index (Phi) is 4.97. The van der Waals surface area contributed by atoms with E-state index in [1.807, 2.05) is 18.2 Å². The Balaban J connectivity index is 2.02. The first kappa shape index (κ1) is 14.5. The zero-order chi connectivity index (χ0) is 13.8. The first-order valence-electron chi connectivity index (χ1n) is 5.99. The molecule has 0 amide bonds. The molecule has 100 valence electrons. The number of benzene rings is 2. The maximum absolute atomic E-state index is 13.3. The van der Waals surface area contributed by atoms with Crippen LogP contribution in [0.1, 0.15) is 24.1 Å². The highest BCUT2D eigenvalue weighted by Crippen LogP contribution is 2.21. The van der Waals surface area contributed by atoms with Gasteiger partial charge in [0.2, 0.25) is 0 Å². The van der Waals surface area contributed by atoms with Crippen molar-refractivity contribution in [2.75, 3.05) is 0 Å². The Morgan fingerprint density at radius 3 is 2.58 bits per heavy atom. The molecule has 1 atom stereocenters. The van der Waals surface area contributed by atoms with Gasteiger partial charge in [-0.2, -0.15) is 0 Å². The second kappa shape index (κ2) is 6.51. The minimum absolute atomic E-state index is 0.174. The maximum Gasteiger partial charge on any atom is 0.142 e. The fraction of sp³-hybridized carbons (Fsp3) is 0.200. The highest BCUT2D eigenvalue weighted by Gasteiger charge is 2.08. The lowest BCUT2D eigenvalue weighted by Crippen LogP contribution is -2.18. The van der Waals surface area contributed by atoms with Crippen LogP contribution < -0.4 is 5.32 Å². The number of rotatable bonds is 4. The molecular formula is C15H14BrClFN. The molecule has 0 radical (unpaired) electrons. The minimum Gasteiger partial charge on any atom is -0.306 e. The molecule has 0 spiro atoms. The highest BCUT2D eigenvalue weighted by molar-refractivity contribution is 9.10. The summed E-state index contributed by atoms with van der Waals surface area (Å²) in [5, 5.41) is 3.53. The molecule has 0 fully saturated rings. The first-order valence-corrected chi connectivity index (χ1v) is 7.17. The Morgan fingerprint density at radius 2 is 1.89 bits per heavy atom. The summed E-state index contributed by atoms with van der Waals surface area (Å²) >= 11 is 9.33. The molecule has 2 aromatic carbocycles. The molecule has 0 aliphatic carbocycles. The van der Waals surface area contributed by atoms with E-state index in [9.17, 15) is 4.39 Å². The third-order valence-electron chi connectivity index (χ3n) is 3.00. The first-order chi connectivity index (χ1) is 9.08. The van der Waals surface area contributed by atoms with E-state index in [2.05, 4.69) is 40.3 Å². The molecule has 0 heterocycles. The van der Waals surface area contributed by atoms with E-state index in [4.69, 9.17) is 11.6 Å². The SMILES string of the molecule is C[C@H](NCc1cccc(F)c1Cl)c1ccc(Br)cc1. The van der Waals surface area contributed by atoms with Crippen LogP contribution in [0, 0.1) is 5.82 Å². The van der Waals surface area contributed by atoms with Crippen LogP contribution in [0.15, 0.2) is 46.9 Å². The lowest BCUT2D eigenvalue weighted by atomic mass is 10.1. The van der Waals surface area contributed by atoms with Gasteiger partial charge in [-0.25, -0.2) is 4.39 Å². The zero-order valence-electron chi connectivity index (χ0n) is 10.5. The van der Waals surface area contributed by atoms with Gasteiger partial charge < -0.3 is 5.32 Å². The Morgan fingerprint density at radius 1 is 1.21 bits per heavy atom. The average molecular weight is 343 g/mol. The standard InChI is InChI=1S/C15H14BrClFN/c1-10(11-5-7-13(16)8-6-11)19-9-12-3-2-4-14(18)15(12)17/h2-8,10,19H,9H2,1H3/t10-/m0/s1. The van der Waals surface area contributed by atoms with Crippen LogP contribution in [0.5, 0.6) is 0 Å². The largest absolute Gasteiger partial charge is 0.306 e. The van der Waals surface area contributed by atoms with Crippen LogP contribution >= 0.6 is 27.5 Å². The van der Waals surface area contributed by atoms with Crippen molar-refractivity contribution in [1.29, 1.82) is 0 Å². The second-order valence-electron chi connectivity index (χ2n) is 4.37. The predicted molar refractivity (Wildman–Crippen MR) is 80.8 cm³/mol. The summed E-state index contributed by atoms with van der Waals surface area (Å²) in [6, 6.07) is 13.1. The van der Waals surface area contributed by atoms with E-state index in [-0.39, 0.29) is 16.9 Å². The third-order valence-corrected chi connectivity index (χ3v) is 3.95. The molecule has 0 saturated heterocycles. The number of hydrogen-bond donors (Lipinski definition) is 1. The van der Waals surface area contributed by atoms with Crippen molar-refractivity contribution >= 4 is 27.5 Å². The van der Waals surface area contributed by atoms with E-state index < -0.39 is 0 Å². The van der Waals surface area contributed by atoms with Gasteiger partial charge in [-0.05, 0) is 36.2 Å². The van der Waals surface area contributed by atoms with Gasteiger partial charge in [0.25, 0.3) is 0 Å². The summed E-state index contributed by atoms with van der Waals surface area (Å²) in [7, 11) is 0. The van der Waals surface area contributed by atoms with Crippen molar-refractivity contribution in [3.05, 3.63) is 68.9 Å². The van der Waals surface area contributed by atoms with Crippen LogP contribution in [-0.2, 0) is 6.54 Å². The lowest BCUT2D eigenvalue weighted by Gasteiger charge is -2.15. The molecule has 19 heavy (non-hydrogen) atoms. The third kappa shape index (κ3) is 3.78. The number of halogens is 3. The number of nitrogens with one attached hydrogen (secondary N) is 1. The van der Waals surface area contributed by atoms with Crippen LogP contribution in [0.4, 0.5) is 4.39 Å². The quantitative estimate of drug-likeness (QED) is 0.816. The summed E-state index contributed by atoms with van der Waals surface area (Å²) in [5.74, 6) is -0.378. The zero-order valence-corrected chi connectivity index (χ0v) is 12.8. The summed E-state index contributed by atoms with van der Waals surface area (Å²) < 4.78 is 14.4. The van der Waals surface area contributed by atoms with Crippen LogP contribution in [-0.4, -0.2) is 0 Å². The van der Waals surface area contributed by atoms with Crippen molar-refractivity contribution in [3.63, 3.8) is 0 Å². The molecule has 2 aromatic rings. The molecule has 1 N–H and O–H groups in total. The smallest absolute Gasteiger partial charge is 0.142 e. The topological polar surface area (TPSA) is 12.0 Å². The van der Waals surface area contributed by atoms with Gasteiger partial charge in [-0.15, -0.1) is 0 Å². The molecule has 0 aliphatic rings. The average Bonchev–Trinajstić information content (AvgIpc) is 2.41. The molecular weight excluding hydrogens is 329 g/mol. The van der Waals surface area contributed by atoms with E-state index in [0.29, 0.717) is 6.54 Å². The molecule has 0 aromatic heterocycles. The van der Waals surface area contributed by atoms with E-state index in [0.717, 1.165) is 10.0 Å². The molecule has 4 heteroatoms. The van der Waals surface area contributed by atoms with E-state index in [1.165, 1.54) is 11.6 Å². The van der Waals surface area contributed by atoms with Crippen molar-refractivity contribution in [3.8, 4) is 0 Å². The van der Waals surface area contributed by atoms with Gasteiger partial charge in [0.05, 0.1) is 5.02 Å². The number of hydrogen-bond acceptors (Lipinski definition) is 1. The molecule has 0 bridgehead atoms. The Bertz CT molecular complexity index is 557.